The number of nitrogens with zero attached hydrogens (tertiary/aromatic N) is 5. The number of carbonyl (C=O) groups is 2. The molecule has 9 aromatic rings. The molecule has 11 nitrogen and oxygen atoms in total. The summed E-state index contributed by atoms with van der Waals surface area (Å²) in [5.74, 6) is -0.328. The zero-order valence-electron chi connectivity index (χ0n) is 33.6. The zero-order chi connectivity index (χ0) is 42.7. The van der Waals surface area contributed by atoms with Gasteiger partial charge in [-0.25, -0.2) is 9.97 Å². The summed E-state index contributed by atoms with van der Waals surface area (Å²) >= 11 is 3.05. The van der Waals surface area contributed by atoms with E-state index < -0.39 is 0 Å². The monoisotopic (exact) mass is 849 g/mol. The molecule has 0 unspecified atom stereocenters. The molecular weight excluding hydrogens is 811 g/mol. The van der Waals surface area contributed by atoms with E-state index in [1.807, 2.05) is 140 Å². The SMILES string of the molecule is Cc1ccc(NC(=O)c2cccc(-c3ccccc3)c2)cc1Nc1nc(-c2cccnc2)cs1.Cc1ccc(NC(=O)c2ccncc2)cc1Nc1nc(-c2cccnc2)cs1. The number of aryl methyl sites for hydroxylation is 2. The maximum atomic E-state index is 13.0. The van der Waals surface area contributed by atoms with Crippen LogP contribution in [0.5, 0.6) is 0 Å². The van der Waals surface area contributed by atoms with Gasteiger partial charge in [-0.1, -0.05) is 54.6 Å². The molecule has 0 radical (unpaired) electrons. The van der Waals surface area contributed by atoms with Gasteiger partial charge in [0.05, 0.1) is 11.4 Å². The molecule has 5 heterocycles. The first kappa shape index (κ1) is 40.9. The number of anilines is 6. The van der Waals surface area contributed by atoms with Crippen molar-refractivity contribution in [2.45, 2.75) is 13.8 Å². The number of nitrogens with one attached hydrogen (secondary N) is 4. The topological polar surface area (TPSA) is 147 Å². The molecule has 0 aliphatic carbocycles. The van der Waals surface area contributed by atoms with Gasteiger partial charge in [0.25, 0.3) is 11.8 Å². The molecule has 4 aromatic carbocycles. The molecular formula is C49H39N9O2S2. The number of carbonyl (C=O) groups excluding carboxylic acids is 2. The van der Waals surface area contributed by atoms with Crippen molar-refractivity contribution in [3.05, 3.63) is 198 Å². The Morgan fingerprint density at radius 2 is 0.984 bits per heavy atom. The molecule has 4 N–H and O–H groups in total. The Hall–Kier alpha value is -7.87. The second kappa shape index (κ2) is 19.5. The van der Waals surface area contributed by atoms with Crippen molar-refractivity contribution in [3.8, 4) is 33.6 Å². The van der Waals surface area contributed by atoms with Crippen LogP contribution in [0.2, 0.25) is 0 Å². The van der Waals surface area contributed by atoms with Crippen molar-refractivity contribution < 1.29 is 9.59 Å². The van der Waals surface area contributed by atoms with E-state index in [-0.39, 0.29) is 11.8 Å². The Kier molecular flexibility index (Phi) is 12.8. The van der Waals surface area contributed by atoms with Crippen molar-refractivity contribution in [2.75, 3.05) is 21.3 Å². The maximum Gasteiger partial charge on any atom is 0.255 e. The number of hydrogen-bond acceptors (Lipinski definition) is 11. The van der Waals surface area contributed by atoms with Crippen LogP contribution in [0.3, 0.4) is 0 Å². The largest absolute Gasteiger partial charge is 0.331 e. The molecule has 0 atom stereocenters. The van der Waals surface area contributed by atoms with Gasteiger partial charge in [-0.15, -0.1) is 22.7 Å². The Balaban J connectivity index is 0.000000174. The molecule has 0 aliphatic rings. The van der Waals surface area contributed by atoms with Crippen molar-refractivity contribution in [3.63, 3.8) is 0 Å². The van der Waals surface area contributed by atoms with Crippen molar-refractivity contribution >= 4 is 67.5 Å². The lowest BCUT2D eigenvalue weighted by molar-refractivity contribution is 0.101. The molecule has 0 fully saturated rings. The summed E-state index contributed by atoms with van der Waals surface area (Å²) in [4.78, 5) is 46.8. The van der Waals surface area contributed by atoms with E-state index in [4.69, 9.17) is 0 Å². The molecule has 0 spiro atoms. The molecule has 9 rings (SSSR count). The summed E-state index contributed by atoms with van der Waals surface area (Å²) in [7, 11) is 0. The van der Waals surface area contributed by atoms with Gasteiger partial charge in [-0.2, -0.15) is 0 Å². The van der Waals surface area contributed by atoms with Gasteiger partial charge in [0.15, 0.2) is 10.3 Å². The molecule has 0 bridgehead atoms. The van der Waals surface area contributed by atoms with Crippen LogP contribution < -0.4 is 21.3 Å². The first-order valence-corrected chi connectivity index (χ1v) is 21.3. The number of amides is 2. The Bertz CT molecular complexity index is 2930. The molecule has 304 valence electrons. The third-order valence-corrected chi connectivity index (χ3v) is 11.1. The van der Waals surface area contributed by atoms with Crippen molar-refractivity contribution in [1.82, 2.24) is 24.9 Å². The Labute approximate surface area is 366 Å². The van der Waals surface area contributed by atoms with E-state index in [0.717, 1.165) is 66.4 Å². The highest BCUT2D eigenvalue weighted by atomic mass is 32.1. The van der Waals surface area contributed by atoms with Gasteiger partial charge >= 0.3 is 0 Å². The molecule has 0 saturated carbocycles. The van der Waals surface area contributed by atoms with Crippen molar-refractivity contribution in [2.24, 2.45) is 0 Å². The van der Waals surface area contributed by atoms with Gasteiger partial charge in [0, 0.05) is 92.9 Å². The van der Waals surface area contributed by atoms with Crippen LogP contribution in [0, 0.1) is 13.8 Å². The molecule has 13 heteroatoms. The minimum atomic E-state index is -0.176. The fraction of sp³-hybridized carbons (Fsp3) is 0.0408. The lowest BCUT2D eigenvalue weighted by Gasteiger charge is -2.11. The second-order valence-corrected chi connectivity index (χ2v) is 15.7. The summed E-state index contributed by atoms with van der Waals surface area (Å²) in [6.07, 6.45) is 10.3. The van der Waals surface area contributed by atoms with Gasteiger partial charge in [-0.05, 0) is 109 Å². The summed E-state index contributed by atoms with van der Waals surface area (Å²) in [6.45, 7) is 4.03. The highest BCUT2D eigenvalue weighted by Gasteiger charge is 2.12. The summed E-state index contributed by atoms with van der Waals surface area (Å²) in [5, 5.41) is 18.2. The maximum absolute atomic E-state index is 13.0. The minimum absolute atomic E-state index is 0.152. The number of rotatable bonds is 11. The van der Waals surface area contributed by atoms with Crippen LogP contribution in [0.1, 0.15) is 31.8 Å². The molecule has 62 heavy (non-hydrogen) atoms. The van der Waals surface area contributed by atoms with E-state index in [2.05, 4.69) is 46.2 Å². The fourth-order valence-electron chi connectivity index (χ4n) is 6.24. The minimum Gasteiger partial charge on any atom is -0.331 e. The normalized spacial score (nSPS) is 10.5. The third kappa shape index (κ3) is 10.5. The summed E-state index contributed by atoms with van der Waals surface area (Å²) in [6, 6.07) is 40.3. The Morgan fingerprint density at radius 3 is 1.52 bits per heavy atom. The predicted molar refractivity (Wildman–Crippen MR) is 252 cm³/mol. The van der Waals surface area contributed by atoms with Crippen LogP contribution in [-0.4, -0.2) is 36.7 Å². The highest BCUT2D eigenvalue weighted by molar-refractivity contribution is 7.14. The number of pyridine rings is 3. The number of aromatic nitrogens is 5. The van der Waals surface area contributed by atoms with E-state index >= 15 is 0 Å². The zero-order valence-corrected chi connectivity index (χ0v) is 35.2. The first-order valence-electron chi connectivity index (χ1n) is 19.5. The first-order chi connectivity index (χ1) is 30.3. The average molecular weight is 850 g/mol. The van der Waals surface area contributed by atoms with Gasteiger partial charge in [-0.3, -0.25) is 24.5 Å². The molecule has 0 aliphatic heterocycles. The lowest BCUT2D eigenvalue weighted by Crippen LogP contribution is -2.12. The second-order valence-electron chi connectivity index (χ2n) is 14.0. The highest BCUT2D eigenvalue weighted by Crippen LogP contribution is 2.31. The molecule has 5 aromatic heterocycles. The fourth-order valence-corrected chi connectivity index (χ4v) is 7.70. The van der Waals surface area contributed by atoms with E-state index in [9.17, 15) is 9.59 Å². The van der Waals surface area contributed by atoms with Crippen LogP contribution in [0.25, 0.3) is 33.6 Å². The van der Waals surface area contributed by atoms with Gasteiger partial charge in [0.1, 0.15) is 0 Å². The quantitative estimate of drug-likeness (QED) is 0.0998. The predicted octanol–water partition coefficient (Wildman–Crippen LogP) is 12.1. The number of hydrogen-bond donors (Lipinski definition) is 4. The Morgan fingerprint density at radius 1 is 0.468 bits per heavy atom. The smallest absolute Gasteiger partial charge is 0.255 e. The summed E-state index contributed by atoms with van der Waals surface area (Å²) in [5.41, 5.74) is 12.3. The lowest BCUT2D eigenvalue weighted by atomic mass is 10.0. The van der Waals surface area contributed by atoms with Crippen LogP contribution >= 0.6 is 22.7 Å². The average Bonchev–Trinajstić information content (AvgIpc) is 4.00. The van der Waals surface area contributed by atoms with E-state index in [1.165, 1.54) is 22.7 Å². The molecule has 2 amide bonds. The van der Waals surface area contributed by atoms with Crippen LogP contribution in [0.15, 0.2) is 175 Å². The van der Waals surface area contributed by atoms with Crippen molar-refractivity contribution in [1.29, 1.82) is 0 Å². The summed E-state index contributed by atoms with van der Waals surface area (Å²) < 4.78 is 0. The van der Waals surface area contributed by atoms with E-state index in [0.29, 0.717) is 22.5 Å². The van der Waals surface area contributed by atoms with Gasteiger partial charge < -0.3 is 21.3 Å². The number of thiazole rings is 2. The number of benzene rings is 4. The van der Waals surface area contributed by atoms with E-state index in [1.54, 1.807) is 49.3 Å². The molecule has 0 saturated heterocycles. The standard InChI is InChI=1S/C28H22N4OS.C21H17N5OS/c1-19-12-13-24(16-25(19)31-28-32-26(18-34-28)23-11-6-14-29-17-23)30-27(33)22-10-5-9-21(15-22)20-7-3-2-4-8-20;1-14-4-5-17(24-20(27)15-6-9-22-10-7-15)11-18(14)25-21-26-19(13-28-21)16-3-2-8-23-12-16/h2-18H,1H3,(H,30,33)(H,31,32);2-13H,1H3,(H,24,27)(H,25,26). The third-order valence-electron chi connectivity index (χ3n) is 9.57. The van der Waals surface area contributed by atoms with Crippen LogP contribution in [0.4, 0.5) is 33.0 Å². The van der Waals surface area contributed by atoms with Crippen LogP contribution in [-0.2, 0) is 0 Å². The van der Waals surface area contributed by atoms with Gasteiger partial charge in [0.2, 0.25) is 0 Å².